The second kappa shape index (κ2) is 10.3. The zero-order valence-electron chi connectivity index (χ0n) is 21.2. The molecule has 7 nitrogen and oxygen atoms in total. The molecule has 3 N–H and O–H groups in total. The van der Waals surface area contributed by atoms with Gasteiger partial charge in [0, 0.05) is 49.8 Å². The van der Waals surface area contributed by atoms with E-state index >= 15 is 0 Å². The molecule has 198 valence electrons. The number of halogens is 2. The standard InChI is InChI=1S/C28H34F2N4O3/c1-17-7-9-18(10-8-17)31-27(36)33-23-11-13-28(29,30)15-21(23)26(35)34-14-12-20-24(16-37-2)32-22-6-4-3-5-19(22)25(20)34/h3-10,20-21,23-25,32H,11-16H2,1-2H3,(H2,31,33,36)/t20-,21+,23-,24+,25+/m1/s1. The van der Waals surface area contributed by atoms with Crippen LogP contribution in [0.25, 0.3) is 0 Å². The fourth-order valence-corrected chi connectivity index (χ4v) is 6.17. The average molecular weight is 513 g/mol. The number of benzene rings is 2. The molecule has 2 fully saturated rings. The fourth-order valence-electron chi connectivity index (χ4n) is 6.17. The fraction of sp³-hybridized carbons (Fsp3) is 0.500. The Bertz CT molecular complexity index is 1140. The second-order valence-corrected chi connectivity index (χ2v) is 10.5. The highest BCUT2D eigenvalue weighted by molar-refractivity contribution is 5.90. The quantitative estimate of drug-likeness (QED) is 0.530. The summed E-state index contributed by atoms with van der Waals surface area (Å²) in [6.45, 7) is 2.92. The highest BCUT2D eigenvalue weighted by Gasteiger charge is 2.51. The number of fused-ring (bicyclic) bond motifs is 3. The molecule has 2 heterocycles. The molecule has 1 saturated heterocycles. The highest BCUT2D eigenvalue weighted by atomic mass is 19.3. The Morgan fingerprint density at radius 2 is 1.89 bits per heavy atom. The van der Waals surface area contributed by atoms with Crippen molar-refractivity contribution in [3.8, 4) is 0 Å². The third kappa shape index (κ3) is 5.28. The first-order valence-electron chi connectivity index (χ1n) is 12.9. The molecule has 2 aromatic carbocycles. The summed E-state index contributed by atoms with van der Waals surface area (Å²) in [5.74, 6) is -4.16. The van der Waals surface area contributed by atoms with Gasteiger partial charge in [-0.25, -0.2) is 13.6 Å². The summed E-state index contributed by atoms with van der Waals surface area (Å²) in [6.07, 6.45) is -0.143. The summed E-state index contributed by atoms with van der Waals surface area (Å²) in [4.78, 5) is 28.5. The minimum Gasteiger partial charge on any atom is -0.383 e. The molecule has 0 unspecified atom stereocenters. The Morgan fingerprint density at radius 1 is 1.14 bits per heavy atom. The first-order chi connectivity index (χ1) is 17.8. The van der Waals surface area contributed by atoms with Crippen LogP contribution in [0, 0.1) is 18.8 Å². The van der Waals surface area contributed by atoms with Crippen LogP contribution in [0.15, 0.2) is 48.5 Å². The maximum atomic E-state index is 14.6. The van der Waals surface area contributed by atoms with Crippen LogP contribution in [0.2, 0.25) is 0 Å². The van der Waals surface area contributed by atoms with Gasteiger partial charge >= 0.3 is 6.03 Å². The lowest BCUT2D eigenvalue weighted by Gasteiger charge is -2.42. The van der Waals surface area contributed by atoms with Gasteiger partial charge < -0.3 is 25.6 Å². The van der Waals surface area contributed by atoms with Gasteiger partial charge in [-0.05, 0) is 43.5 Å². The second-order valence-electron chi connectivity index (χ2n) is 10.5. The van der Waals surface area contributed by atoms with E-state index in [1.165, 1.54) is 0 Å². The molecule has 5 atom stereocenters. The number of para-hydroxylation sites is 1. The Labute approximate surface area is 215 Å². The van der Waals surface area contributed by atoms with Crippen LogP contribution in [0.3, 0.4) is 0 Å². The molecular weight excluding hydrogens is 478 g/mol. The van der Waals surface area contributed by atoms with Crippen molar-refractivity contribution < 1.29 is 23.1 Å². The molecule has 37 heavy (non-hydrogen) atoms. The summed E-state index contributed by atoms with van der Waals surface area (Å²) >= 11 is 0. The van der Waals surface area contributed by atoms with Gasteiger partial charge in [-0.3, -0.25) is 4.79 Å². The first kappa shape index (κ1) is 25.4. The molecule has 2 aliphatic heterocycles. The van der Waals surface area contributed by atoms with Crippen LogP contribution in [0.4, 0.5) is 25.0 Å². The van der Waals surface area contributed by atoms with Gasteiger partial charge in [0.2, 0.25) is 11.8 Å². The van der Waals surface area contributed by atoms with Crippen molar-refractivity contribution in [3.63, 3.8) is 0 Å². The number of carbonyl (C=O) groups is 2. The molecule has 0 spiro atoms. The predicted molar refractivity (Wildman–Crippen MR) is 138 cm³/mol. The number of hydrogen-bond donors (Lipinski definition) is 3. The van der Waals surface area contributed by atoms with Gasteiger partial charge in [0.05, 0.1) is 24.6 Å². The third-order valence-electron chi connectivity index (χ3n) is 7.98. The molecule has 9 heteroatoms. The number of nitrogens with one attached hydrogen (secondary N) is 3. The molecule has 0 radical (unpaired) electrons. The lowest BCUT2D eigenvalue weighted by Crippen LogP contribution is -2.54. The van der Waals surface area contributed by atoms with Crippen molar-refractivity contribution in [2.75, 3.05) is 30.9 Å². The van der Waals surface area contributed by atoms with Gasteiger partial charge in [0.1, 0.15) is 0 Å². The number of rotatable bonds is 5. The van der Waals surface area contributed by atoms with Crippen LogP contribution in [0.1, 0.15) is 42.9 Å². The van der Waals surface area contributed by atoms with E-state index in [4.69, 9.17) is 4.74 Å². The number of hydrogen-bond acceptors (Lipinski definition) is 4. The summed E-state index contributed by atoms with van der Waals surface area (Å²) in [5.41, 5.74) is 3.59. The average Bonchev–Trinajstić information content (AvgIpc) is 3.32. The van der Waals surface area contributed by atoms with Crippen molar-refractivity contribution in [2.24, 2.45) is 11.8 Å². The van der Waals surface area contributed by atoms with E-state index < -0.39 is 30.3 Å². The largest absolute Gasteiger partial charge is 0.383 e. The van der Waals surface area contributed by atoms with Crippen molar-refractivity contribution in [1.82, 2.24) is 10.2 Å². The number of carbonyl (C=O) groups excluding carboxylic acids is 2. The van der Waals surface area contributed by atoms with E-state index in [-0.39, 0.29) is 36.8 Å². The van der Waals surface area contributed by atoms with Crippen molar-refractivity contribution >= 4 is 23.3 Å². The Kier molecular flexibility index (Phi) is 7.07. The number of methoxy groups -OCH3 is 1. The van der Waals surface area contributed by atoms with Crippen LogP contribution in [-0.4, -0.2) is 55.1 Å². The van der Waals surface area contributed by atoms with Gasteiger partial charge in [0.15, 0.2) is 0 Å². The molecule has 3 amide bonds. The Hall–Kier alpha value is -3.20. The van der Waals surface area contributed by atoms with Crippen molar-refractivity contribution in [1.29, 1.82) is 0 Å². The highest BCUT2D eigenvalue weighted by Crippen LogP contribution is 2.48. The third-order valence-corrected chi connectivity index (χ3v) is 7.98. The SMILES string of the molecule is COC[C@@H]1Nc2ccccc2[C@H]2[C@@H]1CCN2C(=O)[C@H]1CC(F)(F)CC[C@H]1NC(=O)Nc1ccc(C)cc1. The number of urea groups is 1. The molecule has 3 aliphatic rings. The van der Waals surface area contributed by atoms with Crippen LogP contribution >= 0.6 is 0 Å². The summed E-state index contributed by atoms with van der Waals surface area (Å²) in [7, 11) is 1.65. The Morgan fingerprint density at radius 3 is 2.65 bits per heavy atom. The van der Waals surface area contributed by atoms with Crippen molar-refractivity contribution in [3.05, 3.63) is 59.7 Å². The smallest absolute Gasteiger partial charge is 0.319 e. The lowest BCUT2D eigenvalue weighted by atomic mass is 9.80. The normalized spacial score (nSPS) is 28.0. The van der Waals surface area contributed by atoms with Crippen molar-refractivity contribution in [2.45, 2.75) is 56.7 Å². The Balaban J connectivity index is 1.37. The number of ether oxygens (including phenoxy) is 1. The van der Waals surface area contributed by atoms with E-state index in [1.54, 1.807) is 24.1 Å². The molecule has 1 aliphatic carbocycles. The minimum atomic E-state index is -2.95. The summed E-state index contributed by atoms with van der Waals surface area (Å²) in [5, 5.41) is 9.13. The maximum Gasteiger partial charge on any atom is 0.319 e. The number of aryl methyl sites for hydroxylation is 1. The van der Waals surface area contributed by atoms with Crippen LogP contribution in [0.5, 0.6) is 0 Å². The monoisotopic (exact) mass is 512 g/mol. The van der Waals surface area contributed by atoms with E-state index in [1.807, 2.05) is 43.3 Å². The maximum absolute atomic E-state index is 14.6. The number of nitrogens with zero attached hydrogens (tertiary/aromatic N) is 1. The lowest BCUT2D eigenvalue weighted by molar-refractivity contribution is -0.146. The number of likely N-dealkylation sites (tertiary alicyclic amines) is 1. The van der Waals surface area contributed by atoms with E-state index in [9.17, 15) is 18.4 Å². The molecule has 0 bridgehead atoms. The zero-order valence-corrected chi connectivity index (χ0v) is 21.2. The molecular formula is C28H34F2N4O3. The van der Waals surface area contributed by atoms with Crippen LogP contribution in [-0.2, 0) is 9.53 Å². The van der Waals surface area contributed by atoms with Gasteiger partial charge in [-0.15, -0.1) is 0 Å². The summed E-state index contributed by atoms with van der Waals surface area (Å²) < 4.78 is 34.7. The first-order valence-corrected chi connectivity index (χ1v) is 12.9. The number of anilines is 2. The minimum absolute atomic E-state index is 0.0182. The molecule has 0 aromatic heterocycles. The van der Waals surface area contributed by atoms with E-state index in [0.29, 0.717) is 18.8 Å². The van der Waals surface area contributed by atoms with Crippen LogP contribution < -0.4 is 16.0 Å². The van der Waals surface area contributed by atoms with E-state index in [2.05, 4.69) is 16.0 Å². The molecule has 5 rings (SSSR count). The van der Waals surface area contributed by atoms with Gasteiger partial charge in [0.25, 0.3) is 0 Å². The molecule has 2 aromatic rings. The van der Waals surface area contributed by atoms with Gasteiger partial charge in [-0.2, -0.15) is 0 Å². The zero-order chi connectivity index (χ0) is 26.2. The number of amides is 3. The molecule has 1 saturated carbocycles. The topological polar surface area (TPSA) is 82.7 Å². The number of alkyl halides is 2. The van der Waals surface area contributed by atoms with E-state index in [0.717, 1.165) is 23.2 Å². The van der Waals surface area contributed by atoms with Gasteiger partial charge in [-0.1, -0.05) is 35.9 Å². The summed E-state index contributed by atoms with van der Waals surface area (Å²) in [6, 6.07) is 13.8. The predicted octanol–water partition coefficient (Wildman–Crippen LogP) is 4.95.